The van der Waals surface area contributed by atoms with Crippen molar-refractivity contribution in [1.29, 1.82) is 0 Å². The number of amides is 1. The summed E-state index contributed by atoms with van der Waals surface area (Å²) in [5.74, 6) is 0.331. The number of morpholine rings is 1. The first-order valence-corrected chi connectivity index (χ1v) is 12.0. The second-order valence-corrected chi connectivity index (χ2v) is 9.07. The minimum Gasteiger partial charge on any atom is -0.497 e. The predicted molar refractivity (Wildman–Crippen MR) is 132 cm³/mol. The zero-order valence-electron chi connectivity index (χ0n) is 18.9. The number of nitrogens with zero attached hydrogens (tertiary/aromatic N) is 3. The van der Waals surface area contributed by atoms with E-state index in [-0.39, 0.29) is 17.1 Å². The van der Waals surface area contributed by atoms with E-state index >= 15 is 0 Å². The summed E-state index contributed by atoms with van der Waals surface area (Å²) in [7, 11) is 1.61. The number of ether oxygens (including phenoxy) is 2. The zero-order valence-corrected chi connectivity index (χ0v) is 19.7. The van der Waals surface area contributed by atoms with Crippen molar-refractivity contribution in [1.82, 2.24) is 9.88 Å². The maximum Gasteiger partial charge on any atom is 0.295 e. The molecule has 0 bridgehead atoms. The summed E-state index contributed by atoms with van der Waals surface area (Å²) < 4.78 is 17.5. The first-order chi connectivity index (χ1) is 16.6. The topological polar surface area (TPSA) is 85.1 Å². The molecule has 0 radical (unpaired) electrons. The third-order valence-corrected chi connectivity index (χ3v) is 6.92. The van der Waals surface area contributed by atoms with Crippen molar-refractivity contribution >= 4 is 43.6 Å². The molecule has 8 nitrogen and oxygen atoms in total. The molecular formula is C25H25N3O5S. The van der Waals surface area contributed by atoms with Gasteiger partial charge in [-0.15, -0.1) is 0 Å². The van der Waals surface area contributed by atoms with Crippen LogP contribution in [0.2, 0.25) is 0 Å². The highest BCUT2D eigenvalue weighted by molar-refractivity contribution is 7.22. The van der Waals surface area contributed by atoms with E-state index in [4.69, 9.17) is 18.9 Å². The molecule has 2 aromatic heterocycles. The van der Waals surface area contributed by atoms with Crippen LogP contribution in [-0.2, 0) is 4.74 Å². The summed E-state index contributed by atoms with van der Waals surface area (Å²) in [6, 6.07) is 13.9. The normalized spacial score (nSPS) is 14.5. The van der Waals surface area contributed by atoms with Crippen molar-refractivity contribution in [2.45, 2.75) is 6.42 Å². The average Bonchev–Trinajstić information content (AvgIpc) is 3.29. The lowest BCUT2D eigenvalue weighted by Crippen LogP contribution is -2.39. The Kier molecular flexibility index (Phi) is 6.57. The third-order valence-electron chi connectivity index (χ3n) is 5.86. The van der Waals surface area contributed by atoms with E-state index < -0.39 is 0 Å². The van der Waals surface area contributed by atoms with E-state index in [1.807, 2.05) is 18.2 Å². The highest BCUT2D eigenvalue weighted by Gasteiger charge is 2.25. The van der Waals surface area contributed by atoms with Crippen molar-refractivity contribution in [3.8, 4) is 5.75 Å². The lowest BCUT2D eigenvalue weighted by Gasteiger charge is -2.27. The zero-order chi connectivity index (χ0) is 23.5. The predicted octanol–water partition coefficient (Wildman–Crippen LogP) is 3.78. The number of aromatic nitrogens is 1. The molecule has 0 N–H and O–H groups in total. The van der Waals surface area contributed by atoms with Gasteiger partial charge in [0.15, 0.2) is 16.3 Å². The number of hydrogen-bond acceptors (Lipinski definition) is 8. The fourth-order valence-electron chi connectivity index (χ4n) is 4.04. The lowest BCUT2D eigenvalue weighted by atomic mass is 10.2. The van der Waals surface area contributed by atoms with Crippen LogP contribution < -0.4 is 15.1 Å². The molecule has 0 aliphatic carbocycles. The summed E-state index contributed by atoms with van der Waals surface area (Å²) in [6.07, 6.45) is 0.753. The van der Waals surface area contributed by atoms with Crippen molar-refractivity contribution in [2.24, 2.45) is 0 Å². The standard InChI is InChI=1S/C25H25N3O5S/c1-31-17-7-8-23-19(15-17)26-25(34-23)28(10-4-9-27-11-13-32-14-12-27)24(30)22-16-20(29)18-5-2-3-6-21(18)33-22/h2-3,5-8,15-16H,4,9-14H2,1H3. The Morgan fingerprint density at radius 3 is 2.82 bits per heavy atom. The molecule has 34 heavy (non-hydrogen) atoms. The Balaban J connectivity index is 1.46. The van der Waals surface area contributed by atoms with Gasteiger partial charge in [-0.1, -0.05) is 23.5 Å². The Labute approximate surface area is 200 Å². The van der Waals surface area contributed by atoms with Crippen LogP contribution in [0.1, 0.15) is 17.0 Å². The molecule has 1 saturated heterocycles. The number of thiazole rings is 1. The molecule has 1 fully saturated rings. The summed E-state index contributed by atoms with van der Waals surface area (Å²) in [4.78, 5) is 34.9. The van der Waals surface area contributed by atoms with Crippen molar-refractivity contribution in [3.63, 3.8) is 0 Å². The highest BCUT2D eigenvalue weighted by atomic mass is 32.1. The summed E-state index contributed by atoms with van der Waals surface area (Å²) in [5, 5.41) is 1.01. The van der Waals surface area contributed by atoms with Crippen LogP contribution in [0.4, 0.5) is 5.13 Å². The van der Waals surface area contributed by atoms with E-state index in [1.165, 1.54) is 17.4 Å². The van der Waals surface area contributed by atoms with Crippen LogP contribution >= 0.6 is 11.3 Å². The van der Waals surface area contributed by atoms with Crippen molar-refractivity contribution in [2.75, 3.05) is 51.4 Å². The monoisotopic (exact) mass is 479 g/mol. The second kappa shape index (κ2) is 9.92. The third kappa shape index (κ3) is 4.68. The van der Waals surface area contributed by atoms with E-state index in [1.54, 1.807) is 36.3 Å². The van der Waals surface area contributed by atoms with Gasteiger partial charge in [0.2, 0.25) is 0 Å². The van der Waals surface area contributed by atoms with Crippen LogP contribution in [-0.4, -0.2) is 62.3 Å². The van der Waals surface area contributed by atoms with Crippen LogP contribution in [0.5, 0.6) is 5.75 Å². The van der Waals surface area contributed by atoms with E-state index in [9.17, 15) is 9.59 Å². The van der Waals surface area contributed by atoms with Gasteiger partial charge in [-0.05, 0) is 30.7 Å². The number of carbonyl (C=O) groups excluding carboxylic acids is 1. The minimum absolute atomic E-state index is 0.00640. The summed E-state index contributed by atoms with van der Waals surface area (Å²) in [5.41, 5.74) is 0.901. The second-order valence-electron chi connectivity index (χ2n) is 8.07. The van der Waals surface area contributed by atoms with Crippen LogP contribution in [0.25, 0.3) is 21.2 Å². The summed E-state index contributed by atoms with van der Waals surface area (Å²) in [6.45, 7) is 4.51. The quantitative estimate of drug-likeness (QED) is 0.399. The molecule has 176 valence electrons. The highest BCUT2D eigenvalue weighted by Crippen LogP contribution is 2.32. The van der Waals surface area contributed by atoms with Gasteiger partial charge in [-0.3, -0.25) is 19.4 Å². The maximum atomic E-state index is 13.6. The Bertz CT molecular complexity index is 1380. The molecule has 1 amide bonds. The van der Waals surface area contributed by atoms with Crippen molar-refractivity contribution in [3.05, 3.63) is 64.5 Å². The Hall–Kier alpha value is -3.27. The molecule has 2 aromatic carbocycles. The van der Waals surface area contributed by atoms with E-state index in [0.29, 0.717) is 28.4 Å². The maximum absolute atomic E-state index is 13.6. The SMILES string of the molecule is COc1ccc2sc(N(CCCN3CCOCC3)C(=O)c3cc(=O)c4ccccc4o3)nc2c1. The minimum atomic E-state index is -0.379. The van der Waals surface area contributed by atoms with Gasteiger partial charge in [0.25, 0.3) is 5.91 Å². The van der Waals surface area contributed by atoms with Gasteiger partial charge >= 0.3 is 0 Å². The molecule has 9 heteroatoms. The molecule has 5 rings (SSSR count). The number of hydrogen-bond donors (Lipinski definition) is 0. The molecule has 1 aliphatic heterocycles. The van der Waals surface area contributed by atoms with Gasteiger partial charge in [0.1, 0.15) is 11.3 Å². The Morgan fingerprint density at radius 2 is 2.00 bits per heavy atom. The Morgan fingerprint density at radius 1 is 1.18 bits per heavy atom. The number of para-hydroxylation sites is 1. The smallest absolute Gasteiger partial charge is 0.295 e. The van der Waals surface area contributed by atoms with Crippen LogP contribution in [0, 0.1) is 0 Å². The van der Waals surface area contributed by atoms with Crippen molar-refractivity contribution < 1.29 is 18.7 Å². The van der Waals surface area contributed by atoms with Gasteiger partial charge in [-0.25, -0.2) is 4.98 Å². The molecule has 3 heterocycles. The first kappa shape index (κ1) is 22.5. The van der Waals surface area contributed by atoms with E-state index in [2.05, 4.69) is 4.90 Å². The van der Waals surface area contributed by atoms with Crippen LogP contribution in [0.15, 0.2) is 57.7 Å². The number of fused-ring (bicyclic) bond motifs is 2. The molecule has 0 unspecified atom stereocenters. The first-order valence-electron chi connectivity index (χ1n) is 11.2. The van der Waals surface area contributed by atoms with Crippen LogP contribution in [0.3, 0.4) is 0 Å². The molecule has 0 spiro atoms. The summed E-state index contributed by atoms with van der Waals surface area (Å²) >= 11 is 1.43. The van der Waals surface area contributed by atoms with Gasteiger partial charge < -0.3 is 13.9 Å². The fraction of sp³-hybridized carbons (Fsp3) is 0.320. The number of anilines is 1. The molecule has 1 aliphatic rings. The molecule has 4 aromatic rings. The number of carbonyl (C=O) groups is 1. The fourth-order valence-corrected chi connectivity index (χ4v) is 5.01. The number of benzene rings is 2. The number of rotatable bonds is 7. The van der Waals surface area contributed by atoms with Gasteiger partial charge in [0, 0.05) is 38.3 Å². The molecule has 0 atom stereocenters. The van der Waals surface area contributed by atoms with E-state index in [0.717, 1.165) is 49.5 Å². The van der Waals surface area contributed by atoms with Gasteiger partial charge in [0.05, 0.1) is 35.9 Å². The lowest BCUT2D eigenvalue weighted by molar-refractivity contribution is 0.0376. The average molecular weight is 480 g/mol. The largest absolute Gasteiger partial charge is 0.497 e. The van der Waals surface area contributed by atoms with Gasteiger partial charge in [-0.2, -0.15) is 0 Å². The molecule has 0 saturated carbocycles. The molecular weight excluding hydrogens is 454 g/mol. The number of methoxy groups -OCH3 is 1.